The topological polar surface area (TPSA) is 64.4 Å². The third-order valence-corrected chi connectivity index (χ3v) is 5.85. The van der Waals surface area contributed by atoms with E-state index in [0.717, 1.165) is 62.2 Å². The Morgan fingerprint density at radius 2 is 1.78 bits per heavy atom. The lowest BCUT2D eigenvalue weighted by Crippen LogP contribution is -2.52. The van der Waals surface area contributed by atoms with Crippen molar-refractivity contribution < 1.29 is 18.3 Å². The predicted octanol–water partition coefficient (Wildman–Crippen LogP) is 3.84. The standard InChI is InChI=1S/C23H25F2N5O2/c1-15-6-18(27-23-26-14-30(28-23)20-9-16(24)8-17(25)10-20)11-21(7-15)32-22-12-19(13-22)29-2-4-31-5-3-29/h6-11,14,19,22H,2-5,12-13H2,1H3,(H,27,28)/t19-,22-. The Morgan fingerprint density at radius 1 is 1.03 bits per heavy atom. The van der Waals surface area contributed by atoms with Gasteiger partial charge in [-0.1, -0.05) is 0 Å². The molecule has 0 radical (unpaired) electrons. The van der Waals surface area contributed by atoms with E-state index < -0.39 is 11.6 Å². The van der Waals surface area contributed by atoms with Gasteiger partial charge in [0.05, 0.1) is 18.9 Å². The van der Waals surface area contributed by atoms with Gasteiger partial charge in [0.2, 0.25) is 5.95 Å². The second-order valence-corrected chi connectivity index (χ2v) is 8.31. The number of aryl methyl sites for hydroxylation is 1. The zero-order valence-corrected chi connectivity index (χ0v) is 17.8. The van der Waals surface area contributed by atoms with Crippen molar-refractivity contribution in [3.8, 4) is 11.4 Å². The highest BCUT2D eigenvalue weighted by Gasteiger charge is 2.35. The Kier molecular flexibility index (Phi) is 5.75. The average Bonchev–Trinajstić information content (AvgIpc) is 3.18. The van der Waals surface area contributed by atoms with Gasteiger partial charge in [-0.15, -0.1) is 5.10 Å². The lowest BCUT2D eigenvalue weighted by atomic mass is 9.87. The molecule has 1 aromatic heterocycles. The normalized spacial score (nSPS) is 21.2. The summed E-state index contributed by atoms with van der Waals surface area (Å²) in [7, 11) is 0. The Hall–Kier alpha value is -3.04. The van der Waals surface area contributed by atoms with Crippen LogP contribution in [0, 0.1) is 18.6 Å². The first-order chi connectivity index (χ1) is 15.5. The lowest BCUT2D eigenvalue weighted by Gasteiger charge is -2.44. The molecule has 1 N–H and O–H groups in total. The molecular formula is C23H25F2N5O2. The van der Waals surface area contributed by atoms with E-state index in [2.05, 4.69) is 20.3 Å². The maximum atomic E-state index is 13.5. The number of rotatable bonds is 6. The number of nitrogens with one attached hydrogen (secondary N) is 1. The van der Waals surface area contributed by atoms with Crippen LogP contribution in [0.4, 0.5) is 20.4 Å². The van der Waals surface area contributed by atoms with Crippen molar-refractivity contribution in [3.63, 3.8) is 0 Å². The Bertz CT molecular complexity index is 1070. The molecule has 0 atom stereocenters. The molecule has 7 nitrogen and oxygen atoms in total. The third-order valence-electron chi connectivity index (χ3n) is 5.85. The van der Waals surface area contributed by atoms with Gasteiger partial charge in [-0.25, -0.2) is 13.5 Å². The van der Waals surface area contributed by atoms with Crippen molar-refractivity contribution in [2.75, 3.05) is 31.6 Å². The minimum absolute atomic E-state index is 0.206. The van der Waals surface area contributed by atoms with E-state index in [1.807, 2.05) is 25.1 Å². The SMILES string of the molecule is Cc1cc(Nc2ncn(-c3cc(F)cc(F)c3)n2)cc(O[C@H]2C[C@H](N3CCOCC3)C2)c1. The van der Waals surface area contributed by atoms with Gasteiger partial charge in [-0.05, 0) is 36.8 Å². The highest BCUT2D eigenvalue weighted by atomic mass is 19.1. The molecule has 1 saturated heterocycles. The van der Waals surface area contributed by atoms with Crippen LogP contribution in [0.3, 0.4) is 0 Å². The Labute approximate surface area is 185 Å². The molecule has 0 bridgehead atoms. The van der Waals surface area contributed by atoms with Gasteiger partial charge >= 0.3 is 0 Å². The summed E-state index contributed by atoms with van der Waals surface area (Å²) in [6.45, 7) is 5.62. The molecule has 2 aromatic carbocycles. The number of hydrogen-bond donors (Lipinski definition) is 1. The predicted molar refractivity (Wildman–Crippen MR) is 116 cm³/mol. The molecule has 2 aliphatic rings. The zero-order valence-electron chi connectivity index (χ0n) is 17.8. The van der Waals surface area contributed by atoms with Crippen LogP contribution in [-0.4, -0.2) is 58.1 Å². The number of aromatic nitrogens is 3. The molecule has 0 amide bonds. The van der Waals surface area contributed by atoms with Crippen molar-refractivity contribution in [1.82, 2.24) is 19.7 Å². The van der Waals surface area contributed by atoms with E-state index in [0.29, 0.717) is 12.0 Å². The molecule has 0 spiro atoms. The van der Waals surface area contributed by atoms with E-state index >= 15 is 0 Å². The maximum absolute atomic E-state index is 13.5. The van der Waals surface area contributed by atoms with Crippen LogP contribution in [0.25, 0.3) is 5.69 Å². The second-order valence-electron chi connectivity index (χ2n) is 8.31. The number of halogens is 2. The lowest BCUT2D eigenvalue weighted by molar-refractivity contribution is -0.0373. The minimum atomic E-state index is -0.669. The molecular weight excluding hydrogens is 416 g/mol. The minimum Gasteiger partial charge on any atom is -0.490 e. The van der Waals surface area contributed by atoms with Gasteiger partial charge in [0.1, 0.15) is 29.8 Å². The highest BCUT2D eigenvalue weighted by Crippen LogP contribution is 2.32. The van der Waals surface area contributed by atoms with Gasteiger partial charge in [-0.2, -0.15) is 4.98 Å². The van der Waals surface area contributed by atoms with Crippen LogP contribution in [-0.2, 0) is 4.74 Å². The summed E-state index contributed by atoms with van der Waals surface area (Å²) in [5.41, 5.74) is 2.09. The first kappa shape index (κ1) is 20.8. The molecule has 5 rings (SSSR count). The fourth-order valence-corrected chi connectivity index (χ4v) is 4.20. The van der Waals surface area contributed by atoms with Gasteiger partial charge in [0.15, 0.2) is 0 Å². The fraction of sp³-hybridized carbons (Fsp3) is 0.391. The van der Waals surface area contributed by atoms with Crippen molar-refractivity contribution >= 4 is 11.6 Å². The van der Waals surface area contributed by atoms with E-state index in [1.165, 1.54) is 23.1 Å². The molecule has 9 heteroatoms. The molecule has 2 fully saturated rings. The summed E-state index contributed by atoms with van der Waals surface area (Å²) in [4.78, 5) is 6.68. The summed E-state index contributed by atoms with van der Waals surface area (Å²) in [5, 5.41) is 7.41. The van der Waals surface area contributed by atoms with Crippen LogP contribution in [0.1, 0.15) is 18.4 Å². The number of nitrogens with zero attached hydrogens (tertiary/aromatic N) is 4. The largest absolute Gasteiger partial charge is 0.490 e. The summed E-state index contributed by atoms with van der Waals surface area (Å²) >= 11 is 0. The number of anilines is 2. The van der Waals surface area contributed by atoms with Gasteiger partial charge < -0.3 is 14.8 Å². The van der Waals surface area contributed by atoms with Gasteiger partial charge in [0.25, 0.3) is 0 Å². The van der Waals surface area contributed by atoms with Crippen LogP contribution in [0.15, 0.2) is 42.7 Å². The quantitative estimate of drug-likeness (QED) is 0.627. The van der Waals surface area contributed by atoms with E-state index in [9.17, 15) is 8.78 Å². The average molecular weight is 441 g/mol. The third kappa shape index (κ3) is 4.73. The number of morpholine rings is 1. The number of benzene rings is 2. The molecule has 1 aliphatic carbocycles. The molecule has 0 unspecified atom stereocenters. The van der Waals surface area contributed by atoms with E-state index in [1.54, 1.807) is 0 Å². The highest BCUT2D eigenvalue weighted by molar-refractivity contribution is 5.57. The zero-order chi connectivity index (χ0) is 22.1. The van der Waals surface area contributed by atoms with Crippen molar-refractivity contribution in [1.29, 1.82) is 0 Å². The molecule has 1 aliphatic heterocycles. The van der Waals surface area contributed by atoms with E-state index in [-0.39, 0.29) is 11.8 Å². The van der Waals surface area contributed by atoms with Crippen LogP contribution < -0.4 is 10.1 Å². The molecule has 3 aromatic rings. The summed E-state index contributed by atoms with van der Waals surface area (Å²) in [6.07, 6.45) is 3.65. The maximum Gasteiger partial charge on any atom is 0.246 e. The monoisotopic (exact) mass is 441 g/mol. The number of hydrogen-bond acceptors (Lipinski definition) is 6. The summed E-state index contributed by atoms with van der Waals surface area (Å²) < 4.78 is 39.9. The molecule has 32 heavy (non-hydrogen) atoms. The van der Waals surface area contributed by atoms with Crippen molar-refractivity contribution in [2.45, 2.75) is 31.9 Å². The van der Waals surface area contributed by atoms with Gasteiger partial charge in [-0.3, -0.25) is 4.90 Å². The Balaban J connectivity index is 1.22. The summed E-state index contributed by atoms with van der Waals surface area (Å²) in [5.74, 6) is -0.221. The van der Waals surface area contributed by atoms with Crippen LogP contribution in [0.5, 0.6) is 5.75 Å². The fourth-order valence-electron chi connectivity index (χ4n) is 4.20. The first-order valence-electron chi connectivity index (χ1n) is 10.8. The molecule has 168 valence electrons. The smallest absolute Gasteiger partial charge is 0.246 e. The van der Waals surface area contributed by atoms with Crippen molar-refractivity contribution in [3.05, 3.63) is 59.9 Å². The van der Waals surface area contributed by atoms with Crippen LogP contribution >= 0.6 is 0 Å². The molecule has 2 heterocycles. The Morgan fingerprint density at radius 3 is 2.53 bits per heavy atom. The van der Waals surface area contributed by atoms with Crippen molar-refractivity contribution in [2.24, 2.45) is 0 Å². The van der Waals surface area contributed by atoms with Crippen LogP contribution in [0.2, 0.25) is 0 Å². The van der Waals surface area contributed by atoms with E-state index in [4.69, 9.17) is 9.47 Å². The second kappa shape index (κ2) is 8.84. The molecule has 1 saturated carbocycles. The number of ether oxygens (including phenoxy) is 2. The first-order valence-corrected chi connectivity index (χ1v) is 10.8. The van der Waals surface area contributed by atoms with Gasteiger partial charge in [0, 0.05) is 49.8 Å². The summed E-state index contributed by atoms with van der Waals surface area (Å²) in [6, 6.07) is 9.68.